The molecule has 1 saturated carbocycles. The third kappa shape index (κ3) is 3.16. The fourth-order valence-electron chi connectivity index (χ4n) is 3.71. The van der Waals surface area contributed by atoms with Crippen molar-refractivity contribution in [1.82, 2.24) is 0 Å². The molecule has 2 fully saturated rings. The summed E-state index contributed by atoms with van der Waals surface area (Å²) in [4.78, 5) is 0.813. The van der Waals surface area contributed by atoms with Crippen LogP contribution in [0.2, 0.25) is 0 Å². The Morgan fingerprint density at radius 3 is 2.81 bits per heavy atom. The van der Waals surface area contributed by atoms with Crippen molar-refractivity contribution < 1.29 is 8.95 Å². The number of benzene rings is 1. The summed E-state index contributed by atoms with van der Waals surface area (Å²) in [6.07, 6.45) is 7.85. The number of ether oxygens (including phenoxy) is 1. The van der Waals surface area contributed by atoms with Gasteiger partial charge in [-0.15, -0.1) is 0 Å². The van der Waals surface area contributed by atoms with Gasteiger partial charge in [-0.1, -0.05) is 25.3 Å². The zero-order valence-corrected chi connectivity index (χ0v) is 13.6. The van der Waals surface area contributed by atoms with E-state index in [1.807, 2.05) is 25.1 Å². The van der Waals surface area contributed by atoms with E-state index >= 15 is 0 Å². The molecule has 1 spiro atoms. The van der Waals surface area contributed by atoms with Crippen LogP contribution in [0.1, 0.15) is 50.5 Å². The zero-order valence-electron chi connectivity index (χ0n) is 12.8. The number of hydrogen-bond donors (Lipinski definition) is 1. The van der Waals surface area contributed by atoms with Crippen molar-refractivity contribution in [3.05, 3.63) is 23.8 Å². The third-order valence-electron chi connectivity index (χ3n) is 4.90. The normalized spacial score (nSPS) is 26.6. The van der Waals surface area contributed by atoms with E-state index in [1.54, 1.807) is 0 Å². The van der Waals surface area contributed by atoms with E-state index in [9.17, 15) is 4.21 Å². The summed E-state index contributed by atoms with van der Waals surface area (Å²) in [5.41, 5.74) is 7.81. The molecule has 4 heteroatoms. The molecule has 1 aromatic rings. The monoisotopic (exact) mass is 307 g/mol. The van der Waals surface area contributed by atoms with Gasteiger partial charge in [0, 0.05) is 17.5 Å². The van der Waals surface area contributed by atoms with E-state index in [-0.39, 0.29) is 10.9 Å². The molecule has 0 aromatic heterocycles. The maximum absolute atomic E-state index is 13.0. The molecule has 1 saturated heterocycles. The highest BCUT2D eigenvalue weighted by Crippen LogP contribution is 2.41. The number of rotatable bonds is 2. The predicted octanol–water partition coefficient (Wildman–Crippen LogP) is 3.57. The Balaban J connectivity index is 1.79. The zero-order chi connectivity index (χ0) is 14.9. The molecule has 3 rings (SSSR count). The summed E-state index contributed by atoms with van der Waals surface area (Å²) in [7, 11) is -1.02. The lowest BCUT2D eigenvalue weighted by Gasteiger charge is -2.43. The fraction of sp³-hybridized carbons (Fsp3) is 0.647. The second-order valence-corrected chi connectivity index (χ2v) is 8.25. The van der Waals surface area contributed by atoms with Crippen molar-refractivity contribution >= 4 is 16.5 Å². The molecule has 21 heavy (non-hydrogen) atoms. The van der Waals surface area contributed by atoms with E-state index in [0.717, 1.165) is 42.7 Å². The standard InChI is InChI=1S/C17H25NO2S/c1-13-5-6-15(18)16(11-13)21(19)14-7-10-20-17(12-14)8-3-2-4-9-17/h5-6,11,14H,2-4,7-10,12,18H2,1H3. The van der Waals surface area contributed by atoms with Crippen LogP contribution in [0, 0.1) is 6.92 Å². The molecular weight excluding hydrogens is 282 g/mol. The van der Waals surface area contributed by atoms with E-state index < -0.39 is 10.8 Å². The van der Waals surface area contributed by atoms with Crippen LogP contribution in [0.4, 0.5) is 5.69 Å². The Morgan fingerprint density at radius 1 is 1.29 bits per heavy atom. The van der Waals surface area contributed by atoms with Crippen LogP contribution < -0.4 is 5.73 Å². The predicted molar refractivity (Wildman–Crippen MR) is 86.8 cm³/mol. The van der Waals surface area contributed by atoms with Gasteiger partial charge in [-0.05, 0) is 50.3 Å². The largest absolute Gasteiger partial charge is 0.398 e. The highest BCUT2D eigenvalue weighted by molar-refractivity contribution is 7.85. The third-order valence-corrected chi connectivity index (χ3v) is 6.70. The Kier molecular flexibility index (Phi) is 4.36. The van der Waals surface area contributed by atoms with Crippen molar-refractivity contribution in [3.63, 3.8) is 0 Å². The first kappa shape index (κ1) is 15.0. The van der Waals surface area contributed by atoms with E-state index in [0.29, 0.717) is 5.69 Å². The highest BCUT2D eigenvalue weighted by Gasteiger charge is 2.40. The smallest absolute Gasteiger partial charge is 0.0694 e. The molecule has 2 aliphatic rings. The van der Waals surface area contributed by atoms with Crippen molar-refractivity contribution in [3.8, 4) is 0 Å². The van der Waals surface area contributed by atoms with Gasteiger partial charge in [-0.2, -0.15) is 0 Å². The molecular formula is C17H25NO2S. The van der Waals surface area contributed by atoms with Crippen LogP contribution in [0.5, 0.6) is 0 Å². The fourth-order valence-corrected chi connectivity index (χ4v) is 5.43. The Labute approximate surface area is 129 Å². The maximum Gasteiger partial charge on any atom is 0.0694 e. The molecule has 1 heterocycles. The molecule has 2 unspecified atom stereocenters. The van der Waals surface area contributed by atoms with Gasteiger partial charge in [0.15, 0.2) is 0 Å². The molecule has 0 bridgehead atoms. The minimum Gasteiger partial charge on any atom is -0.398 e. The molecule has 116 valence electrons. The Hall–Kier alpha value is -0.870. The Morgan fingerprint density at radius 2 is 2.05 bits per heavy atom. The topological polar surface area (TPSA) is 52.3 Å². The second-order valence-electron chi connectivity index (χ2n) is 6.55. The summed E-state index contributed by atoms with van der Waals surface area (Å²) in [5, 5.41) is 0.181. The van der Waals surface area contributed by atoms with Crippen molar-refractivity contribution in [2.24, 2.45) is 0 Å². The summed E-state index contributed by atoms with van der Waals surface area (Å²) in [6.45, 7) is 2.76. The first-order valence-electron chi connectivity index (χ1n) is 8.00. The van der Waals surface area contributed by atoms with Gasteiger partial charge in [0.1, 0.15) is 0 Å². The van der Waals surface area contributed by atoms with Crippen LogP contribution in [0.15, 0.2) is 23.1 Å². The van der Waals surface area contributed by atoms with Gasteiger partial charge < -0.3 is 10.5 Å². The van der Waals surface area contributed by atoms with Gasteiger partial charge in [-0.25, -0.2) is 0 Å². The van der Waals surface area contributed by atoms with E-state index in [2.05, 4.69) is 0 Å². The summed E-state index contributed by atoms with van der Waals surface area (Å²) in [6, 6.07) is 5.83. The average Bonchev–Trinajstić information content (AvgIpc) is 2.50. The molecule has 1 aromatic carbocycles. The van der Waals surface area contributed by atoms with Crippen molar-refractivity contribution in [2.45, 2.75) is 67.6 Å². The van der Waals surface area contributed by atoms with Crippen LogP contribution >= 0.6 is 0 Å². The minimum atomic E-state index is -1.02. The summed E-state index contributed by atoms with van der Waals surface area (Å²) < 4.78 is 19.1. The van der Waals surface area contributed by atoms with Crippen LogP contribution in [-0.2, 0) is 15.5 Å². The summed E-state index contributed by atoms with van der Waals surface area (Å²) >= 11 is 0. The molecule has 0 amide bonds. The number of hydrogen-bond acceptors (Lipinski definition) is 3. The van der Waals surface area contributed by atoms with Gasteiger partial charge in [0.05, 0.1) is 21.3 Å². The first-order chi connectivity index (χ1) is 10.1. The quantitative estimate of drug-likeness (QED) is 0.850. The maximum atomic E-state index is 13.0. The lowest BCUT2D eigenvalue weighted by atomic mass is 9.80. The van der Waals surface area contributed by atoms with Crippen molar-refractivity contribution in [1.29, 1.82) is 0 Å². The molecule has 3 nitrogen and oxygen atoms in total. The first-order valence-corrected chi connectivity index (χ1v) is 9.22. The van der Waals surface area contributed by atoms with E-state index in [4.69, 9.17) is 10.5 Å². The van der Waals surface area contributed by atoms with Gasteiger partial charge in [0.25, 0.3) is 0 Å². The van der Waals surface area contributed by atoms with Gasteiger partial charge >= 0.3 is 0 Å². The van der Waals surface area contributed by atoms with Crippen molar-refractivity contribution in [2.75, 3.05) is 12.3 Å². The molecule has 0 radical (unpaired) electrons. The van der Waals surface area contributed by atoms with E-state index in [1.165, 1.54) is 19.3 Å². The second kappa shape index (κ2) is 6.09. The molecule has 1 aliphatic carbocycles. The van der Waals surface area contributed by atoms with Gasteiger partial charge in [-0.3, -0.25) is 4.21 Å². The van der Waals surface area contributed by atoms with Crippen LogP contribution in [0.3, 0.4) is 0 Å². The average molecular weight is 307 g/mol. The molecule has 1 aliphatic heterocycles. The van der Waals surface area contributed by atoms with Crippen LogP contribution in [0.25, 0.3) is 0 Å². The lowest BCUT2D eigenvalue weighted by molar-refractivity contribution is -0.0975. The minimum absolute atomic E-state index is 0.00455. The van der Waals surface area contributed by atoms with Gasteiger partial charge in [0.2, 0.25) is 0 Å². The molecule has 2 atom stereocenters. The number of anilines is 1. The van der Waals surface area contributed by atoms with Crippen LogP contribution in [-0.4, -0.2) is 21.7 Å². The molecule has 2 N–H and O–H groups in total. The number of aryl methyl sites for hydroxylation is 1. The number of nitrogen functional groups attached to an aromatic ring is 1. The summed E-state index contributed by atoms with van der Waals surface area (Å²) in [5.74, 6) is 0. The highest BCUT2D eigenvalue weighted by atomic mass is 32.2. The number of nitrogens with two attached hydrogens (primary N) is 1. The lowest BCUT2D eigenvalue weighted by Crippen LogP contribution is -2.44. The Bertz CT molecular complexity index is 532. The SMILES string of the molecule is Cc1ccc(N)c(S(=O)C2CCOC3(CCCCC3)C2)c1.